The first kappa shape index (κ1) is 65.1. The molecule has 0 unspecified atom stereocenters. The first-order valence-corrected chi connectivity index (χ1v) is 29.9. The second-order valence-electron chi connectivity index (χ2n) is 24.1. The Morgan fingerprint density at radius 3 is 1.25 bits per heavy atom. The Balaban J connectivity index is 0.915. The molecule has 2 aromatic heterocycles. The number of carbonyl (C=O) groups is 4. The van der Waals surface area contributed by atoms with E-state index in [0.29, 0.717) is 58.2 Å². The van der Waals surface area contributed by atoms with E-state index in [4.69, 9.17) is 9.47 Å². The van der Waals surface area contributed by atoms with Gasteiger partial charge in [0.2, 0.25) is 23.6 Å². The molecule has 0 aliphatic carbocycles. The number of hydrogen-bond acceptors (Lipinski definition) is 10. The van der Waals surface area contributed by atoms with Crippen molar-refractivity contribution in [2.45, 2.75) is 143 Å². The van der Waals surface area contributed by atoms with Crippen LogP contribution in [0.3, 0.4) is 0 Å². The van der Waals surface area contributed by atoms with Crippen LogP contribution in [0.15, 0.2) is 94.5 Å². The van der Waals surface area contributed by atoms with Crippen molar-refractivity contribution in [1.82, 2.24) is 31.2 Å². The van der Waals surface area contributed by atoms with Gasteiger partial charge >= 0.3 is 0 Å². The number of ether oxygens (including phenoxy) is 2. The summed E-state index contributed by atoms with van der Waals surface area (Å²) < 4.78 is 39.7. The van der Waals surface area contributed by atoms with Crippen LogP contribution in [-0.2, 0) is 55.7 Å². The van der Waals surface area contributed by atoms with Crippen LogP contribution in [0.25, 0.3) is 0 Å². The number of likely N-dealkylation sites (N-methyl/N-ethyl adjacent to an activating group) is 2. The van der Waals surface area contributed by atoms with Crippen LogP contribution in [0.2, 0.25) is 0 Å². The second kappa shape index (κ2) is 27.9. The van der Waals surface area contributed by atoms with Gasteiger partial charge in [0.1, 0.15) is 48.4 Å². The summed E-state index contributed by atoms with van der Waals surface area (Å²) in [6, 6.07) is 19.8. The maximum absolute atomic E-state index is 14.9. The molecule has 0 saturated heterocycles. The SMILES string of the molecule is CC[C@H](NC)C(=O)N[C@@H](Cc1ccc(OCC#CC#CCOc2ccc(C[C@H](NC(=O)[C@H](CC)NC)C(=O)N3CC(C)(C)c4[nH]c(=O)c(Cc5ccc(F)cc5)cc43)c(C)c2C)c(C)c1C)C(=O)N1CC(C)(C)c2[nH]c(=O)c(Cc3ccc(F)cc3)cc21. The van der Waals surface area contributed by atoms with Gasteiger partial charge in [-0.2, -0.15) is 0 Å². The molecule has 6 N–H and O–H groups in total. The van der Waals surface area contributed by atoms with Gasteiger partial charge in [-0.05, 0) is 171 Å². The average Bonchev–Trinajstić information content (AvgIpc) is 2.06. The third-order valence-corrected chi connectivity index (χ3v) is 17.1. The number of anilines is 2. The van der Waals surface area contributed by atoms with Crippen molar-refractivity contribution in [3.8, 4) is 35.2 Å². The number of nitrogens with zero attached hydrogens (tertiary/aromatic N) is 2. The monoisotopic (exact) mass is 1200 g/mol. The predicted octanol–water partition coefficient (Wildman–Crippen LogP) is 7.92. The molecule has 2 aliphatic heterocycles. The Morgan fingerprint density at radius 1 is 0.545 bits per heavy atom. The van der Waals surface area contributed by atoms with Crippen molar-refractivity contribution >= 4 is 35.0 Å². The lowest BCUT2D eigenvalue weighted by Crippen LogP contribution is -2.54. The summed E-state index contributed by atoms with van der Waals surface area (Å²) in [6.45, 7) is 20.0. The molecule has 4 atom stereocenters. The highest BCUT2D eigenvalue weighted by molar-refractivity contribution is 6.03. The number of rotatable bonds is 22. The van der Waals surface area contributed by atoms with Crippen LogP contribution in [0.5, 0.6) is 11.5 Å². The minimum atomic E-state index is -0.968. The van der Waals surface area contributed by atoms with Crippen LogP contribution in [0, 0.1) is 63.0 Å². The Hall–Kier alpha value is -8.84. The highest BCUT2D eigenvalue weighted by Gasteiger charge is 2.44. The Labute approximate surface area is 514 Å². The summed E-state index contributed by atoms with van der Waals surface area (Å²) in [5.74, 6) is 10.7. The van der Waals surface area contributed by atoms with Crippen molar-refractivity contribution in [1.29, 1.82) is 0 Å². The largest absolute Gasteiger partial charge is 0.481 e. The van der Waals surface area contributed by atoms with Gasteiger partial charge in [0.05, 0.1) is 23.5 Å². The molecule has 6 aromatic rings. The van der Waals surface area contributed by atoms with Crippen molar-refractivity contribution < 1.29 is 37.4 Å². The topological polar surface area (TPSA) is 207 Å². The fourth-order valence-corrected chi connectivity index (χ4v) is 11.6. The van der Waals surface area contributed by atoms with Crippen molar-refractivity contribution in [3.63, 3.8) is 0 Å². The number of hydrogen-bond donors (Lipinski definition) is 6. The molecule has 0 spiro atoms. The van der Waals surface area contributed by atoms with E-state index in [0.717, 1.165) is 44.5 Å². The van der Waals surface area contributed by atoms with Gasteiger partial charge in [-0.1, -0.05) is 77.9 Å². The molecule has 0 saturated carbocycles. The van der Waals surface area contributed by atoms with E-state index in [9.17, 15) is 37.5 Å². The smallest absolute Gasteiger partial charge is 0.251 e. The van der Waals surface area contributed by atoms with Crippen molar-refractivity contribution in [3.05, 3.63) is 184 Å². The Bertz CT molecular complexity index is 3610. The van der Waals surface area contributed by atoms with E-state index in [2.05, 4.69) is 54.9 Å². The lowest BCUT2D eigenvalue weighted by atomic mass is 9.91. The van der Waals surface area contributed by atoms with Crippen molar-refractivity contribution in [2.75, 3.05) is 50.2 Å². The number of pyridine rings is 2. The van der Waals surface area contributed by atoms with Gasteiger partial charge in [-0.15, -0.1) is 0 Å². The highest BCUT2D eigenvalue weighted by Crippen LogP contribution is 2.41. The molecule has 4 aromatic carbocycles. The van der Waals surface area contributed by atoms with Crippen LogP contribution in [-0.4, -0.2) is 98.2 Å². The van der Waals surface area contributed by atoms with E-state index in [-0.39, 0.29) is 98.4 Å². The number of amides is 4. The molecule has 4 heterocycles. The maximum Gasteiger partial charge on any atom is 0.251 e. The Morgan fingerprint density at radius 2 is 0.909 bits per heavy atom. The van der Waals surface area contributed by atoms with E-state index >= 15 is 0 Å². The van der Waals surface area contributed by atoms with Gasteiger partial charge in [-0.3, -0.25) is 28.8 Å². The lowest BCUT2D eigenvalue weighted by Gasteiger charge is -2.28. The van der Waals surface area contributed by atoms with Gasteiger partial charge in [0.15, 0.2) is 0 Å². The fourth-order valence-electron chi connectivity index (χ4n) is 11.6. The summed E-state index contributed by atoms with van der Waals surface area (Å²) in [7, 11) is 3.40. The Kier molecular flexibility index (Phi) is 20.6. The fraction of sp³-hybridized carbons (Fsp3) is 0.400. The minimum absolute atomic E-state index is 0.0437. The van der Waals surface area contributed by atoms with Crippen LogP contribution in [0.1, 0.15) is 121 Å². The number of aromatic amines is 2. The van der Waals surface area contributed by atoms with E-state index in [1.54, 1.807) is 60.3 Å². The zero-order valence-corrected chi connectivity index (χ0v) is 52.4. The maximum atomic E-state index is 14.9. The van der Waals surface area contributed by atoms with Gasteiger partial charge in [0, 0.05) is 72.1 Å². The molecule has 2 aliphatic rings. The number of carbonyl (C=O) groups excluding carboxylic acids is 4. The number of nitrogens with one attached hydrogen (secondary N) is 6. The number of fused-ring (bicyclic) bond motifs is 2. The third kappa shape index (κ3) is 14.8. The van der Waals surface area contributed by atoms with Gasteiger partial charge in [-0.25, -0.2) is 8.78 Å². The molecule has 0 radical (unpaired) electrons. The molecule has 88 heavy (non-hydrogen) atoms. The molecule has 0 fully saturated rings. The summed E-state index contributed by atoms with van der Waals surface area (Å²) in [4.78, 5) is 93.3. The van der Waals surface area contributed by atoms with Gasteiger partial charge < -0.3 is 50.5 Å². The molecular formula is C70H80F2N8O8. The number of aromatic nitrogens is 2. The van der Waals surface area contributed by atoms with Gasteiger partial charge in [0.25, 0.3) is 11.1 Å². The van der Waals surface area contributed by atoms with Crippen LogP contribution < -0.4 is 51.7 Å². The summed E-state index contributed by atoms with van der Waals surface area (Å²) >= 11 is 0. The van der Waals surface area contributed by atoms with Crippen LogP contribution >= 0.6 is 0 Å². The average molecular weight is 1200 g/mol. The van der Waals surface area contributed by atoms with Crippen LogP contribution in [0.4, 0.5) is 20.2 Å². The normalized spacial score (nSPS) is 14.9. The third-order valence-electron chi connectivity index (χ3n) is 17.1. The summed E-state index contributed by atoms with van der Waals surface area (Å²) in [5.41, 5.74) is 8.01. The molecule has 8 rings (SSSR count). The number of H-pyrrole nitrogens is 2. The molecular weight excluding hydrogens is 1120 g/mol. The number of benzene rings is 4. The standard InChI is InChI=1S/C70H80F2N8O8/c1-13-53(73-11)65(83)75-55(67(85)79-39-69(7,8)61-57(79)37-49(63(81)77-61)33-45-19-25-51(71)26-20-45)35-47-23-29-59(43(5)41(47)3)87-31-17-15-16-18-32-88-60-30-24-48(42(4)44(60)6)36-56(76-66(84)54(14-2)74-12)68(86)80-40-70(9,10)62-58(80)38-50(64(82)78-62)34-46-21-27-52(72)28-22-46/h19-30,37-38,53-56,73-74H,13-14,31-36,39-40H2,1-12H3,(H,75,83)(H,76,84)(H,77,81)(H,78,82)/t53-,54-,55-,56-/m0/s1. The highest BCUT2D eigenvalue weighted by atomic mass is 19.1. The first-order chi connectivity index (χ1) is 41.9. The first-order valence-electron chi connectivity index (χ1n) is 29.9. The molecule has 16 nitrogen and oxygen atoms in total. The van der Waals surface area contributed by atoms with E-state index in [1.807, 2.05) is 93.5 Å². The van der Waals surface area contributed by atoms with E-state index < -0.39 is 35.0 Å². The predicted molar refractivity (Wildman–Crippen MR) is 339 cm³/mol. The summed E-state index contributed by atoms with van der Waals surface area (Å²) in [5, 5.41) is 12.2. The minimum Gasteiger partial charge on any atom is -0.481 e. The molecule has 18 heteroatoms. The molecule has 4 amide bonds. The van der Waals surface area contributed by atoms with E-state index in [1.165, 1.54) is 24.3 Å². The zero-order chi connectivity index (χ0) is 63.8. The number of halogens is 2. The molecule has 0 bridgehead atoms. The molecule has 462 valence electrons. The zero-order valence-electron chi connectivity index (χ0n) is 52.4. The van der Waals surface area contributed by atoms with Crippen molar-refractivity contribution in [2.24, 2.45) is 0 Å². The quantitative estimate of drug-likeness (QED) is 0.0362. The second-order valence-corrected chi connectivity index (χ2v) is 24.1. The summed E-state index contributed by atoms with van der Waals surface area (Å²) in [6.07, 6.45) is 1.82. The lowest BCUT2D eigenvalue weighted by molar-refractivity contribution is -0.128.